The van der Waals surface area contributed by atoms with Crippen LogP contribution in [0.3, 0.4) is 0 Å². The summed E-state index contributed by atoms with van der Waals surface area (Å²) in [6.45, 7) is 4.25. The third-order valence-corrected chi connectivity index (χ3v) is 3.01. The van der Waals surface area contributed by atoms with Gasteiger partial charge in [0.05, 0.1) is 18.2 Å². The zero-order chi connectivity index (χ0) is 16.7. The molecule has 0 spiro atoms. The number of nitrogens with zero attached hydrogens (tertiary/aromatic N) is 1. The van der Waals surface area contributed by atoms with Crippen LogP contribution in [-0.4, -0.2) is 48.7 Å². The largest absolute Gasteiger partial charge is 0.490 e. The van der Waals surface area contributed by atoms with Gasteiger partial charge in [0.15, 0.2) is 11.5 Å². The monoisotopic (exact) mass is 329 g/mol. The Hall–Kier alpha value is -1.95. The molecule has 7 heteroatoms. The molecule has 0 saturated carbocycles. The number of carboxylic acid groups (broad SMARTS) is 1. The number of rotatable bonds is 8. The van der Waals surface area contributed by atoms with Crippen LogP contribution in [0.1, 0.15) is 30.6 Å². The number of carbonyl (C=O) groups is 2. The number of hydrogen-bond donors (Lipinski definition) is 1. The first-order valence-electron chi connectivity index (χ1n) is 6.97. The van der Waals surface area contributed by atoms with Gasteiger partial charge in [-0.05, 0) is 25.5 Å². The van der Waals surface area contributed by atoms with Gasteiger partial charge < -0.3 is 19.5 Å². The molecule has 0 atom stereocenters. The van der Waals surface area contributed by atoms with Crippen molar-refractivity contribution in [3.8, 4) is 11.5 Å². The van der Waals surface area contributed by atoms with Crippen molar-refractivity contribution in [3.05, 3.63) is 22.7 Å². The van der Waals surface area contributed by atoms with Gasteiger partial charge in [-0.1, -0.05) is 18.5 Å². The molecule has 0 aliphatic rings. The maximum absolute atomic E-state index is 12.2. The van der Waals surface area contributed by atoms with Crippen molar-refractivity contribution in [1.29, 1.82) is 0 Å². The lowest BCUT2D eigenvalue weighted by Crippen LogP contribution is -2.31. The summed E-state index contributed by atoms with van der Waals surface area (Å²) >= 11 is 6.17. The standard InChI is InChI=1S/C15H20ClNO5/c1-4-6-22-14-11(16)7-10(8-12(14)21-5-2)15(20)17(3)9-13(18)19/h7-8H,4-6,9H2,1-3H3,(H,18,19). The minimum atomic E-state index is -1.09. The van der Waals surface area contributed by atoms with Crippen molar-refractivity contribution in [3.63, 3.8) is 0 Å². The van der Waals surface area contributed by atoms with Gasteiger partial charge in [0, 0.05) is 12.6 Å². The predicted molar refractivity (Wildman–Crippen MR) is 83.0 cm³/mol. The highest BCUT2D eigenvalue weighted by Crippen LogP contribution is 2.37. The number of likely N-dealkylation sites (N-methyl/N-ethyl adjacent to an activating group) is 1. The van der Waals surface area contributed by atoms with Crippen molar-refractivity contribution in [2.75, 3.05) is 26.8 Å². The first-order chi connectivity index (χ1) is 10.4. The summed E-state index contributed by atoms with van der Waals surface area (Å²) in [5.41, 5.74) is 0.251. The van der Waals surface area contributed by atoms with Gasteiger partial charge in [0.1, 0.15) is 6.54 Å². The molecular formula is C15H20ClNO5. The predicted octanol–water partition coefficient (Wildman–Crippen LogP) is 2.68. The van der Waals surface area contributed by atoms with E-state index in [0.29, 0.717) is 24.7 Å². The van der Waals surface area contributed by atoms with E-state index in [4.69, 9.17) is 26.2 Å². The van der Waals surface area contributed by atoms with E-state index >= 15 is 0 Å². The van der Waals surface area contributed by atoms with Gasteiger partial charge in [-0.25, -0.2) is 0 Å². The van der Waals surface area contributed by atoms with E-state index in [2.05, 4.69) is 0 Å². The molecule has 0 bridgehead atoms. The average molecular weight is 330 g/mol. The SMILES string of the molecule is CCCOc1c(Cl)cc(C(=O)N(C)CC(=O)O)cc1OCC. The highest BCUT2D eigenvalue weighted by atomic mass is 35.5. The normalized spacial score (nSPS) is 10.2. The fourth-order valence-electron chi connectivity index (χ4n) is 1.79. The van der Waals surface area contributed by atoms with Crippen LogP contribution in [0.5, 0.6) is 11.5 Å². The molecule has 0 aliphatic carbocycles. The van der Waals surface area contributed by atoms with E-state index in [1.165, 1.54) is 19.2 Å². The number of ether oxygens (including phenoxy) is 2. The van der Waals surface area contributed by atoms with Crippen molar-refractivity contribution in [2.45, 2.75) is 20.3 Å². The van der Waals surface area contributed by atoms with E-state index in [1.54, 1.807) is 0 Å². The number of benzene rings is 1. The number of carbonyl (C=O) groups excluding carboxylic acids is 1. The molecule has 22 heavy (non-hydrogen) atoms. The second-order valence-corrected chi connectivity index (χ2v) is 5.03. The van der Waals surface area contributed by atoms with Crippen LogP contribution in [0.2, 0.25) is 5.02 Å². The maximum atomic E-state index is 12.2. The number of amides is 1. The zero-order valence-corrected chi connectivity index (χ0v) is 13.6. The molecule has 0 unspecified atom stereocenters. The number of halogens is 1. The summed E-state index contributed by atoms with van der Waals surface area (Å²) in [7, 11) is 1.41. The van der Waals surface area contributed by atoms with Crippen LogP contribution in [-0.2, 0) is 4.79 Å². The Morgan fingerprint density at radius 1 is 1.27 bits per heavy atom. The average Bonchev–Trinajstić information content (AvgIpc) is 2.45. The van der Waals surface area contributed by atoms with Crippen LogP contribution in [0.15, 0.2) is 12.1 Å². The second kappa shape index (κ2) is 8.48. The van der Waals surface area contributed by atoms with E-state index in [1.807, 2.05) is 13.8 Å². The fourth-order valence-corrected chi connectivity index (χ4v) is 2.06. The molecule has 0 aromatic heterocycles. The Balaban J connectivity index is 3.11. The molecule has 0 aliphatic heterocycles. The van der Waals surface area contributed by atoms with Crippen LogP contribution in [0.25, 0.3) is 0 Å². The Bertz CT molecular complexity index is 547. The summed E-state index contributed by atoms with van der Waals surface area (Å²) in [6, 6.07) is 2.97. The minimum absolute atomic E-state index is 0.251. The highest BCUT2D eigenvalue weighted by Gasteiger charge is 2.19. The Morgan fingerprint density at radius 3 is 2.50 bits per heavy atom. The van der Waals surface area contributed by atoms with E-state index in [-0.39, 0.29) is 10.6 Å². The molecule has 1 aromatic carbocycles. The smallest absolute Gasteiger partial charge is 0.323 e. The fraction of sp³-hybridized carbons (Fsp3) is 0.467. The Kier molecular flexibility index (Phi) is 6.98. The molecule has 0 fully saturated rings. The van der Waals surface area contributed by atoms with Crippen LogP contribution in [0, 0.1) is 0 Å². The lowest BCUT2D eigenvalue weighted by molar-refractivity contribution is -0.137. The summed E-state index contributed by atoms with van der Waals surface area (Å²) in [6.07, 6.45) is 0.809. The lowest BCUT2D eigenvalue weighted by atomic mass is 10.1. The Morgan fingerprint density at radius 2 is 1.95 bits per heavy atom. The molecular weight excluding hydrogens is 310 g/mol. The van der Waals surface area contributed by atoms with E-state index < -0.39 is 18.4 Å². The summed E-state index contributed by atoms with van der Waals surface area (Å²) in [5, 5.41) is 9.01. The molecule has 6 nitrogen and oxygen atoms in total. The van der Waals surface area contributed by atoms with Gasteiger partial charge in [0.25, 0.3) is 5.91 Å². The van der Waals surface area contributed by atoms with Gasteiger partial charge in [-0.3, -0.25) is 9.59 Å². The van der Waals surface area contributed by atoms with Crippen molar-refractivity contribution in [2.24, 2.45) is 0 Å². The summed E-state index contributed by atoms with van der Waals surface area (Å²) in [4.78, 5) is 24.0. The molecule has 0 saturated heterocycles. The number of carboxylic acids is 1. The summed E-state index contributed by atoms with van der Waals surface area (Å²) in [5.74, 6) is -0.777. The topological polar surface area (TPSA) is 76.1 Å². The third-order valence-electron chi connectivity index (χ3n) is 2.73. The number of aliphatic carboxylic acids is 1. The minimum Gasteiger partial charge on any atom is -0.490 e. The van der Waals surface area contributed by atoms with Gasteiger partial charge in [0.2, 0.25) is 0 Å². The van der Waals surface area contributed by atoms with Crippen molar-refractivity contribution < 1.29 is 24.2 Å². The molecule has 1 aromatic rings. The van der Waals surface area contributed by atoms with Gasteiger partial charge in [-0.2, -0.15) is 0 Å². The summed E-state index contributed by atoms with van der Waals surface area (Å²) < 4.78 is 11.0. The molecule has 122 valence electrons. The van der Waals surface area contributed by atoms with Gasteiger partial charge >= 0.3 is 5.97 Å². The third kappa shape index (κ3) is 4.80. The molecule has 1 rings (SSSR count). The van der Waals surface area contributed by atoms with E-state index in [0.717, 1.165) is 11.3 Å². The highest BCUT2D eigenvalue weighted by molar-refractivity contribution is 6.32. The molecule has 1 N–H and O–H groups in total. The molecule has 1 amide bonds. The van der Waals surface area contributed by atoms with Crippen molar-refractivity contribution in [1.82, 2.24) is 4.90 Å². The van der Waals surface area contributed by atoms with Crippen LogP contribution >= 0.6 is 11.6 Å². The van der Waals surface area contributed by atoms with Crippen LogP contribution < -0.4 is 9.47 Å². The second-order valence-electron chi connectivity index (χ2n) is 4.62. The number of hydrogen-bond acceptors (Lipinski definition) is 4. The van der Waals surface area contributed by atoms with E-state index in [9.17, 15) is 9.59 Å². The van der Waals surface area contributed by atoms with Crippen molar-refractivity contribution >= 4 is 23.5 Å². The molecule has 0 heterocycles. The Labute approximate surface area is 134 Å². The first-order valence-corrected chi connectivity index (χ1v) is 7.34. The molecule has 0 radical (unpaired) electrons. The lowest BCUT2D eigenvalue weighted by Gasteiger charge is -2.18. The van der Waals surface area contributed by atoms with Crippen LogP contribution in [0.4, 0.5) is 0 Å². The first kappa shape index (κ1) is 18.1. The zero-order valence-electron chi connectivity index (χ0n) is 12.9. The van der Waals surface area contributed by atoms with Gasteiger partial charge in [-0.15, -0.1) is 0 Å². The maximum Gasteiger partial charge on any atom is 0.323 e. The quantitative estimate of drug-likeness (QED) is 0.793.